The van der Waals surface area contributed by atoms with Crippen molar-refractivity contribution in [3.05, 3.63) is 16.1 Å². The minimum absolute atomic E-state index is 0.0709. The second-order valence-corrected chi connectivity index (χ2v) is 6.74. The summed E-state index contributed by atoms with van der Waals surface area (Å²) in [7, 11) is 0. The maximum Gasteiger partial charge on any atom is 0.189 e. The number of anilines is 1. The van der Waals surface area contributed by atoms with Crippen molar-refractivity contribution in [3.8, 4) is 0 Å². The van der Waals surface area contributed by atoms with Gasteiger partial charge < -0.3 is 4.90 Å². The molecule has 1 fully saturated rings. The van der Waals surface area contributed by atoms with Crippen LogP contribution in [-0.4, -0.2) is 34.3 Å². The van der Waals surface area contributed by atoms with Gasteiger partial charge >= 0.3 is 0 Å². The fourth-order valence-electron chi connectivity index (χ4n) is 2.62. The van der Waals surface area contributed by atoms with Gasteiger partial charge in [0.2, 0.25) is 0 Å². The number of rotatable bonds is 2. The van der Waals surface area contributed by atoms with E-state index in [1.54, 1.807) is 0 Å². The average Bonchev–Trinajstić information content (AvgIpc) is 2.50. The average molecular weight is 362 g/mol. The van der Waals surface area contributed by atoms with Crippen LogP contribution in [0.5, 0.6) is 0 Å². The molecule has 0 radical (unpaired) electrons. The Morgan fingerprint density at radius 3 is 2.77 bits per heavy atom. The van der Waals surface area contributed by atoms with Gasteiger partial charge in [0.05, 0.1) is 5.39 Å². The molecule has 0 saturated carbocycles. The van der Waals surface area contributed by atoms with Gasteiger partial charge in [-0.3, -0.25) is 0 Å². The number of hydrogen-bond acceptors (Lipinski definition) is 5. The molecule has 2 aromatic heterocycles. The quantitative estimate of drug-likeness (QED) is 0.449. The van der Waals surface area contributed by atoms with Gasteiger partial charge in [-0.05, 0) is 25.0 Å². The third-order valence-corrected chi connectivity index (χ3v) is 4.71. The van der Waals surface area contributed by atoms with Crippen molar-refractivity contribution in [2.75, 3.05) is 24.2 Å². The molecule has 0 aliphatic carbocycles. The summed E-state index contributed by atoms with van der Waals surface area (Å²) in [6.07, 6.45) is 3.49. The van der Waals surface area contributed by atoms with Crippen molar-refractivity contribution in [3.63, 3.8) is 0 Å². The van der Waals surface area contributed by atoms with Gasteiger partial charge in [-0.2, -0.15) is 0 Å². The van der Waals surface area contributed by atoms with Crippen LogP contribution in [-0.2, 0) is 0 Å². The fraction of sp³-hybridized carbons (Fsp3) is 0.500. The van der Waals surface area contributed by atoms with E-state index in [1.165, 1.54) is 11.8 Å². The van der Waals surface area contributed by atoms with Crippen LogP contribution in [0.4, 0.5) is 10.2 Å². The second kappa shape index (κ2) is 6.34. The number of fused-ring (bicyclic) bond motifs is 1. The topological polar surface area (TPSA) is 41.9 Å². The largest absolute Gasteiger partial charge is 0.356 e. The molecule has 8 heteroatoms. The van der Waals surface area contributed by atoms with E-state index in [0.717, 1.165) is 19.4 Å². The van der Waals surface area contributed by atoms with Crippen LogP contribution >= 0.6 is 35.0 Å². The summed E-state index contributed by atoms with van der Waals surface area (Å²) < 4.78 is 22.7. The highest BCUT2D eigenvalue weighted by Gasteiger charge is 2.25. The Bertz CT molecular complexity index is 774. The Labute approximate surface area is 143 Å². The molecule has 118 valence electrons. The Morgan fingerprint density at radius 2 is 2.09 bits per heavy atom. The fourth-order valence-corrected chi connectivity index (χ4v) is 3.46. The molecular weight excluding hydrogens is 346 g/mol. The lowest BCUT2D eigenvalue weighted by atomic mass is 10.00. The normalized spacial score (nSPS) is 23.0. The minimum atomic E-state index is -0.698. The molecule has 0 bridgehead atoms. The third kappa shape index (κ3) is 2.84. The van der Waals surface area contributed by atoms with E-state index in [-0.39, 0.29) is 15.8 Å². The SMILES string of the molecule is [2H]C1(C)CCCN(c2nc(SC)nc3c(F)c(Cl)nc(Cl)c23)C1. The Morgan fingerprint density at radius 1 is 1.32 bits per heavy atom. The molecule has 3 rings (SSSR count). The zero-order chi connectivity index (χ0) is 16.8. The van der Waals surface area contributed by atoms with Crippen LogP contribution in [0.2, 0.25) is 10.3 Å². The van der Waals surface area contributed by atoms with Crippen LogP contribution in [0.25, 0.3) is 10.9 Å². The Kier molecular flexibility index (Phi) is 4.24. The zero-order valence-electron chi connectivity index (χ0n) is 13.2. The van der Waals surface area contributed by atoms with Crippen molar-refractivity contribution < 1.29 is 5.76 Å². The molecule has 0 amide bonds. The molecule has 0 aromatic carbocycles. The van der Waals surface area contributed by atoms with E-state index in [9.17, 15) is 4.39 Å². The standard InChI is InChI=1S/C14H15Cl2FN4S/c1-7-4-3-5-21(6-7)13-8-10(18-14(20-13)22-2)9(17)12(16)19-11(8)15/h7H,3-6H2,1-2H3/i7D. The van der Waals surface area contributed by atoms with Crippen LogP contribution in [0.1, 0.15) is 21.1 Å². The molecule has 1 unspecified atom stereocenters. The molecule has 1 aliphatic heterocycles. The molecule has 0 N–H and O–H groups in total. The molecule has 0 spiro atoms. The molecule has 4 nitrogen and oxygen atoms in total. The van der Waals surface area contributed by atoms with E-state index < -0.39 is 11.7 Å². The molecule has 1 saturated heterocycles. The van der Waals surface area contributed by atoms with E-state index in [2.05, 4.69) is 15.0 Å². The van der Waals surface area contributed by atoms with E-state index in [0.29, 0.717) is 22.9 Å². The minimum Gasteiger partial charge on any atom is -0.356 e. The Balaban J connectivity index is 2.25. The summed E-state index contributed by atoms with van der Waals surface area (Å²) in [4.78, 5) is 14.5. The highest BCUT2D eigenvalue weighted by molar-refractivity contribution is 7.98. The zero-order valence-corrected chi connectivity index (χ0v) is 14.5. The number of nitrogens with zero attached hydrogens (tertiary/aromatic N) is 4. The van der Waals surface area contributed by atoms with E-state index >= 15 is 0 Å². The van der Waals surface area contributed by atoms with E-state index in [4.69, 9.17) is 24.6 Å². The summed E-state index contributed by atoms with van der Waals surface area (Å²) in [6, 6.07) is 0. The Hall–Kier alpha value is -0.850. The highest BCUT2D eigenvalue weighted by Crippen LogP contribution is 2.36. The summed E-state index contributed by atoms with van der Waals surface area (Å²) in [5.41, 5.74) is 0.0709. The molecular formula is C14H15Cl2FN4S. The molecule has 3 heterocycles. The van der Waals surface area contributed by atoms with Gasteiger partial charge in [-0.1, -0.05) is 41.9 Å². The predicted molar refractivity (Wildman–Crippen MR) is 89.7 cm³/mol. The number of thioether (sulfide) groups is 1. The lowest BCUT2D eigenvalue weighted by Crippen LogP contribution is -2.35. The first-order valence-electron chi connectivity index (χ1n) is 7.33. The first-order chi connectivity index (χ1) is 10.8. The highest BCUT2D eigenvalue weighted by atomic mass is 35.5. The number of piperidine rings is 1. The molecule has 22 heavy (non-hydrogen) atoms. The van der Waals surface area contributed by atoms with Crippen LogP contribution in [0, 0.1) is 11.7 Å². The van der Waals surface area contributed by atoms with Gasteiger partial charge in [0.15, 0.2) is 16.1 Å². The van der Waals surface area contributed by atoms with Gasteiger partial charge in [0.25, 0.3) is 0 Å². The van der Waals surface area contributed by atoms with Gasteiger partial charge in [-0.15, -0.1) is 0 Å². The van der Waals surface area contributed by atoms with Crippen LogP contribution in [0.15, 0.2) is 5.16 Å². The van der Waals surface area contributed by atoms with Crippen molar-refractivity contribution in [1.82, 2.24) is 15.0 Å². The van der Waals surface area contributed by atoms with E-state index in [1.807, 2.05) is 18.1 Å². The number of pyridine rings is 1. The third-order valence-electron chi connectivity index (χ3n) is 3.64. The molecule has 1 aliphatic rings. The van der Waals surface area contributed by atoms with Crippen LogP contribution < -0.4 is 4.90 Å². The van der Waals surface area contributed by atoms with Gasteiger partial charge in [0.1, 0.15) is 16.5 Å². The number of halogens is 3. The summed E-state index contributed by atoms with van der Waals surface area (Å²) in [5, 5.41) is 0.556. The second-order valence-electron chi connectivity index (χ2n) is 5.25. The maximum atomic E-state index is 14.4. The first-order valence-corrected chi connectivity index (χ1v) is 8.81. The van der Waals surface area contributed by atoms with Crippen LogP contribution in [0.3, 0.4) is 0 Å². The molecule has 1 atom stereocenters. The van der Waals surface area contributed by atoms with Crippen molar-refractivity contribution in [2.24, 2.45) is 5.89 Å². The first kappa shape index (κ1) is 14.7. The van der Waals surface area contributed by atoms with Crippen molar-refractivity contribution in [1.29, 1.82) is 0 Å². The lowest BCUT2D eigenvalue weighted by molar-refractivity contribution is 0.444. The molecule has 2 aromatic rings. The maximum absolute atomic E-state index is 14.4. The number of hydrogen-bond donors (Lipinski definition) is 0. The lowest BCUT2D eigenvalue weighted by Gasteiger charge is -2.32. The number of aromatic nitrogens is 3. The van der Waals surface area contributed by atoms with Crippen molar-refractivity contribution >= 4 is 51.7 Å². The van der Waals surface area contributed by atoms with Gasteiger partial charge in [0, 0.05) is 14.5 Å². The predicted octanol–water partition coefficient (Wildman–Crippen LogP) is 4.43. The smallest absolute Gasteiger partial charge is 0.189 e. The summed E-state index contributed by atoms with van der Waals surface area (Å²) >= 11 is 13.3. The summed E-state index contributed by atoms with van der Waals surface area (Å²) in [6.45, 7) is 3.11. The monoisotopic (exact) mass is 361 g/mol. The summed E-state index contributed by atoms with van der Waals surface area (Å²) in [5.74, 6) is -0.763. The van der Waals surface area contributed by atoms with Gasteiger partial charge in [-0.25, -0.2) is 19.3 Å². The van der Waals surface area contributed by atoms with Crippen molar-refractivity contribution in [2.45, 2.75) is 24.9 Å².